The number of hydrogen-bond donors (Lipinski definition) is 1. The maximum absolute atomic E-state index is 12.8. The minimum atomic E-state index is -3.47. The molecule has 2 aliphatic rings. The SMILES string of the molecule is O=C(NCCC1=CCCCC1)[C@@H]1CCCN(S(=O)(=O)Cc2cccc(Cl)c2)C1. The highest BCUT2D eigenvalue weighted by molar-refractivity contribution is 7.88. The Bertz CT molecular complexity index is 823. The first-order valence-corrected chi connectivity index (χ1v) is 12.1. The summed E-state index contributed by atoms with van der Waals surface area (Å²) in [5.74, 6) is -0.391. The van der Waals surface area contributed by atoms with E-state index in [1.54, 1.807) is 24.3 Å². The lowest BCUT2D eigenvalue weighted by Gasteiger charge is -2.31. The van der Waals surface area contributed by atoms with Gasteiger partial charge in [0.2, 0.25) is 15.9 Å². The van der Waals surface area contributed by atoms with Gasteiger partial charge in [-0.15, -0.1) is 0 Å². The molecule has 0 radical (unpaired) electrons. The third-order valence-electron chi connectivity index (χ3n) is 5.52. The van der Waals surface area contributed by atoms with Crippen LogP contribution in [0.4, 0.5) is 0 Å². The molecule has 1 heterocycles. The van der Waals surface area contributed by atoms with E-state index in [0.29, 0.717) is 30.1 Å². The second kappa shape index (κ2) is 9.90. The highest BCUT2D eigenvalue weighted by atomic mass is 35.5. The predicted octanol–water partition coefficient (Wildman–Crippen LogP) is 3.89. The molecule has 28 heavy (non-hydrogen) atoms. The molecule has 5 nitrogen and oxygen atoms in total. The average molecular weight is 425 g/mol. The average Bonchev–Trinajstić information content (AvgIpc) is 2.68. The summed E-state index contributed by atoms with van der Waals surface area (Å²) in [7, 11) is -3.47. The smallest absolute Gasteiger partial charge is 0.224 e. The van der Waals surface area contributed by atoms with Crippen LogP contribution in [0.3, 0.4) is 0 Å². The molecule has 7 heteroatoms. The number of allylic oxidation sites excluding steroid dienone is 1. The lowest BCUT2D eigenvalue weighted by atomic mass is 9.96. The highest BCUT2D eigenvalue weighted by Crippen LogP contribution is 2.23. The second-order valence-corrected chi connectivity index (χ2v) is 10.1. The molecule has 1 atom stereocenters. The van der Waals surface area contributed by atoms with Crippen molar-refractivity contribution >= 4 is 27.5 Å². The maximum atomic E-state index is 12.8. The summed E-state index contributed by atoms with van der Waals surface area (Å²) in [6, 6.07) is 6.91. The number of nitrogens with zero attached hydrogens (tertiary/aromatic N) is 1. The molecule has 154 valence electrons. The van der Waals surface area contributed by atoms with Crippen molar-refractivity contribution in [1.29, 1.82) is 0 Å². The third kappa shape index (κ3) is 6.06. The van der Waals surface area contributed by atoms with E-state index < -0.39 is 10.0 Å². The van der Waals surface area contributed by atoms with Gasteiger partial charge in [0.25, 0.3) is 0 Å². The van der Waals surface area contributed by atoms with Gasteiger partial charge in [-0.3, -0.25) is 4.79 Å². The van der Waals surface area contributed by atoms with Crippen LogP contribution in [0.1, 0.15) is 50.5 Å². The molecule has 0 bridgehead atoms. The highest BCUT2D eigenvalue weighted by Gasteiger charge is 2.32. The summed E-state index contributed by atoms with van der Waals surface area (Å²) >= 11 is 5.96. The Labute approximate surface area is 173 Å². The largest absolute Gasteiger partial charge is 0.356 e. The summed E-state index contributed by atoms with van der Waals surface area (Å²) in [5, 5.41) is 3.53. The van der Waals surface area contributed by atoms with Crippen LogP contribution < -0.4 is 5.32 Å². The van der Waals surface area contributed by atoms with Gasteiger partial charge in [0, 0.05) is 24.7 Å². The van der Waals surface area contributed by atoms with E-state index in [1.807, 2.05) is 0 Å². The fourth-order valence-corrected chi connectivity index (χ4v) is 5.77. The standard InChI is InChI=1S/C21H29ClN2O3S/c22-20-10-4-8-18(14-20)16-28(26,27)24-13-5-9-19(15-24)21(25)23-12-11-17-6-2-1-3-7-17/h4,6,8,10,14,19H,1-3,5,7,9,11-13,15-16H2,(H,23,25)/t19-/m1/s1. The van der Waals surface area contributed by atoms with Gasteiger partial charge in [-0.1, -0.05) is 35.4 Å². The Hall–Kier alpha value is -1.37. The number of carbonyl (C=O) groups excluding carboxylic acids is 1. The number of amides is 1. The summed E-state index contributed by atoms with van der Waals surface area (Å²) in [6.45, 7) is 1.37. The van der Waals surface area contributed by atoms with Crippen molar-refractivity contribution in [3.8, 4) is 0 Å². The lowest BCUT2D eigenvalue weighted by Crippen LogP contribution is -2.45. The number of benzene rings is 1. The minimum absolute atomic E-state index is 0.0286. The zero-order valence-corrected chi connectivity index (χ0v) is 17.8. The van der Waals surface area contributed by atoms with E-state index in [-0.39, 0.29) is 24.1 Å². The number of hydrogen-bond acceptors (Lipinski definition) is 3. The Morgan fingerprint density at radius 3 is 2.86 bits per heavy atom. The summed E-state index contributed by atoms with van der Waals surface area (Å²) in [4.78, 5) is 12.5. The molecule has 0 unspecified atom stereocenters. The molecule has 0 spiro atoms. The van der Waals surface area contributed by atoms with Crippen LogP contribution in [0.2, 0.25) is 5.02 Å². The molecule has 1 aliphatic heterocycles. The molecule has 1 aromatic rings. The van der Waals surface area contributed by atoms with E-state index in [4.69, 9.17) is 11.6 Å². The zero-order valence-electron chi connectivity index (χ0n) is 16.2. The van der Waals surface area contributed by atoms with Crippen LogP contribution in [0, 0.1) is 5.92 Å². The van der Waals surface area contributed by atoms with Crippen LogP contribution in [0.25, 0.3) is 0 Å². The number of nitrogens with one attached hydrogen (secondary N) is 1. The van der Waals surface area contributed by atoms with E-state index in [9.17, 15) is 13.2 Å². The van der Waals surface area contributed by atoms with Crippen LogP contribution >= 0.6 is 11.6 Å². The van der Waals surface area contributed by atoms with E-state index >= 15 is 0 Å². The number of sulfonamides is 1. The normalized spacial score (nSPS) is 21.2. The monoisotopic (exact) mass is 424 g/mol. The molecule has 1 amide bonds. The molecule has 1 fully saturated rings. The van der Waals surface area contributed by atoms with Crippen LogP contribution in [-0.2, 0) is 20.6 Å². The molecule has 1 saturated heterocycles. The first-order chi connectivity index (χ1) is 13.4. The Morgan fingerprint density at radius 2 is 2.11 bits per heavy atom. The van der Waals surface area contributed by atoms with Crippen molar-refractivity contribution in [2.75, 3.05) is 19.6 Å². The molecule has 3 rings (SSSR count). The third-order valence-corrected chi connectivity index (χ3v) is 7.57. The van der Waals surface area contributed by atoms with Gasteiger partial charge in [0.1, 0.15) is 0 Å². The second-order valence-electron chi connectivity index (χ2n) is 7.73. The number of carbonyl (C=O) groups is 1. The Morgan fingerprint density at radius 1 is 1.25 bits per heavy atom. The van der Waals surface area contributed by atoms with Crippen molar-refractivity contribution in [3.63, 3.8) is 0 Å². The fraction of sp³-hybridized carbons (Fsp3) is 0.571. The van der Waals surface area contributed by atoms with E-state index in [2.05, 4.69) is 11.4 Å². The predicted molar refractivity (Wildman–Crippen MR) is 113 cm³/mol. The van der Waals surface area contributed by atoms with Crippen molar-refractivity contribution in [2.24, 2.45) is 5.92 Å². The maximum Gasteiger partial charge on any atom is 0.224 e. The van der Waals surface area contributed by atoms with Crippen LogP contribution in [-0.4, -0.2) is 38.3 Å². The van der Waals surface area contributed by atoms with Gasteiger partial charge >= 0.3 is 0 Å². The van der Waals surface area contributed by atoms with Crippen LogP contribution in [0.5, 0.6) is 0 Å². The molecule has 0 aromatic heterocycles. The Balaban J connectivity index is 1.52. The van der Waals surface area contributed by atoms with Gasteiger partial charge in [-0.2, -0.15) is 0 Å². The molecule has 1 aliphatic carbocycles. The molecule has 0 saturated carbocycles. The summed E-state index contributed by atoms with van der Waals surface area (Å²) in [6.07, 6.45) is 9.41. The van der Waals surface area contributed by atoms with Crippen molar-refractivity contribution in [3.05, 3.63) is 46.5 Å². The topological polar surface area (TPSA) is 66.5 Å². The molecular weight excluding hydrogens is 396 g/mol. The Kier molecular flexibility index (Phi) is 7.55. The van der Waals surface area contributed by atoms with Gasteiger partial charge in [0.15, 0.2) is 0 Å². The van der Waals surface area contributed by atoms with Gasteiger partial charge < -0.3 is 5.32 Å². The number of rotatable bonds is 7. The van der Waals surface area contributed by atoms with Gasteiger partial charge in [-0.25, -0.2) is 12.7 Å². The number of piperidine rings is 1. The number of halogens is 1. The zero-order chi connectivity index (χ0) is 20.0. The molecule has 1 aromatic carbocycles. The summed E-state index contributed by atoms with van der Waals surface area (Å²) < 4.78 is 27.1. The van der Waals surface area contributed by atoms with Crippen molar-refractivity contribution in [1.82, 2.24) is 9.62 Å². The fourth-order valence-electron chi connectivity index (χ4n) is 3.96. The molecule has 1 N–H and O–H groups in total. The van der Waals surface area contributed by atoms with Crippen molar-refractivity contribution < 1.29 is 13.2 Å². The first kappa shape index (κ1) is 21.3. The molecular formula is C21H29ClN2O3S. The lowest BCUT2D eigenvalue weighted by molar-refractivity contribution is -0.126. The summed E-state index contributed by atoms with van der Waals surface area (Å²) in [5.41, 5.74) is 2.10. The minimum Gasteiger partial charge on any atom is -0.356 e. The van der Waals surface area contributed by atoms with E-state index in [0.717, 1.165) is 25.7 Å². The van der Waals surface area contributed by atoms with Gasteiger partial charge in [-0.05, 0) is 62.6 Å². The first-order valence-electron chi connectivity index (χ1n) is 10.1. The van der Waals surface area contributed by atoms with Gasteiger partial charge in [0.05, 0.1) is 11.7 Å². The van der Waals surface area contributed by atoms with E-state index in [1.165, 1.54) is 22.7 Å². The quantitative estimate of drug-likeness (QED) is 0.675. The van der Waals surface area contributed by atoms with Crippen molar-refractivity contribution in [2.45, 2.75) is 50.7 Å². The van der Waals surface area contributed by atoms with Crippen LogP contribution in [0.15, 0.2) is 35.9 Å².